The molecule has 1 saturated carbocycles. The summed E-state index contributed by atoms with van der Waals surface area (Å²) >= 11 is 0. The molecule has 8 heteroatoms. The van der Waals surface area contributed by atoms with E-state index in [0.717, 1.165) is 25.0 Å². The highest BCUT2D eigenvalue weighted by molar-refractivity contribution is 5.76. The molecule has 1 aromatic heterocycles. The summed E-state index contributed by atoms with van der Waals surface area (Å²) in [6.45, 7) is 0.772. The zero-order chi connectivity index (χ0) is 17.2. The molecule has 1 amide bonds. The van der Waals surface area contributed by atoms with E-state index >= 15 is 0 Å². The molecule has 1 aromatic carbocycles. The molecule has 1 aliphatic carbocycles. The first-order valence-electron chi connectivity index (χ1n) is 7.71. The van der Waals surface area contributed by atoms with Crippen molar-refractivity contribution >= 4 is 5.91 Å². The van der Waals surface area contributed by atoms with Gasteiger partial charge in [-0.2, -0.15) is 18.3 Å². The zero-order valence-corrected chi connectivity index (χ0v) is 12.9. The Morgan fingerprint density at radius 2 is 1.96 bits per heavy atom. The van der Waals surface area contributed by atoms with Crippen LogP contribution in [-0.4, -0.2) is 31.6 Å². The van der Waals surface area contributed by atoms with Crippen LogP contribution in [0.3, 0.4) is 0 Å². The molecule has 5 nitrogen and oxygen atoms in total. The molecule has 1 fully saturated rings. The fourth-order valence-electron chi connectivity index (χ4n) is 2.50. The number of hydrogen-bond donors (Lipinski definition) is 0. The van der Waals surface area contributed by atoms with Crippen LogP contribution in [0, 0.1) is 0 Å². The summed E-state index contributed by atoms with van der Waals surface area (Å²) < 4.78 is 39.4. The van der Waals surface area contributed by atoms with E-state index in [1.807, 2.05) is 0 Å². The van der Waals surface area contributed by atoms with Crippen LogP contribution in [0.15, 0.2) is 36.9 Å². The van der Waals surface area contributed by atoms with Crippen LogP contribution in [0.1, 0.15) is 30.4 Å². The van der Waals surface area contributed by atoms with Gasteiger partial charge in [-0.15, -0.1) is 0 Å². The Morgan fingerprint density at radius 1 is 1.25 bits per heavy atom. The van der Waals surface area contributed by atoms with Gasteiger partial charge in [-0.1, -0.05) is 12.1 Å². The van der Waals surface area contributed by atoms with Gasteiger partial charge in [-0.3, -0.25) is 9.48 Å². The average molecular weight is 338 g/mol. The molecular formula is C16H17F3N4O. The van der Waals surface area contributed by atoms with Crippen molar-refractivity contribution in [1.82, 2.24) is 19.7 Å². The molecule has 0 saturated heterocycles. The summed E-state index contributed by atoms with van der Waals surface area (Å²) in [6, 6.07) is 5.17. The van der Waals surface area contributed by atoms with Crippen molar-refractivity contribution in [3.8, 4) is 0 Å². The SMILES string of the molecule is O=C(CCn1cncn1)N(Cc1ccc(C(F)(F)F)cc1)C1CC1. The summed E-state index contributed by atoms with van der Waals surface area (Å²) in [4.78, 5) is 18.0. The molecule has 1 heterocycles. The topological polar surface area (TPSA) is 51.0 Å². The fourth-order valence-corrected chi connectivity index (χ4v) is 2.50. The van der Waals surface area contributed by atoms with E-state index < -0.39 is 11.7 Å². The number of aryl methyl sites for hydroxylation is 1. The van der Waals surface area contributed by atoms with Gasteiger partial charge in [-0.05, 0) is 30.5 Å². The fraction of sp³-hybridized carbons (Fsp3) is 0.438. The van der Waals surface area contributed by atoms with E-state index in [1.54, 1.807) is 15.9 Å². The molecule has 2 aromatic rings. The molecule has 0 radical (unpaired) electrons. The van der Waals surface area contributed by atoms with E-state index in [1.165, 1.54) is 18.5 Å². The minimum Gasteiger partial charge on any atom is -0.335 e. The molecule has 0 bridgehead atoms. The minimum absolute atomic E-state index is 0.0205. The lowest BCUT2D eigenvalue weighted by atomic mass is 10.1. The number of hydrogen-bond acceptors (Lipinski definition) is 3. The number of nitrogens with zero attached hydrogens (tertiary/aromatic N) is 4. The van der Waals surface area contributed by atoms with E-state index in [9.17, 15) is 18.0 Å². The molecule has 24 heavy (non-hydrogen) atoms. The van der Waals surface area contributed by atoms with Gasteiger partial charge in [0.2, 0.25) is 5.91 Å². The van der Waals surface area contributed by atoms with Crippen molar-refractivity contribution in [2.45, 2.75) is 44.6 Å². The van der Waals surface area contributed by atoms with Crippen LogP contribution >= 0.6 is 0 Å². The van der Waals surface area contributed by atoms with Gasteiger partial charge in [0.15, 0.2) is 0 Å². The Balaban J connectivity index is 1.62. The highest BCUT2D eigenvalue weighted by Gasteiger charge is 2.33. The lowest BCUT2D eigenvalue weighted by Crippen LogP contribution is -2.33. The smallest absolute Gasteiger partial charge is 0.335 e. The summed E-state index contributed by atoms with van der Waals surface area (Å²) in [7, 11) is 0. The van der Waals surface area contributed by atoms with E-state index in [-0.39, 0.29) is 11.9 Å². The molecule has 128 valence electrons. The van der Waals surface area contributed by atoms with Gasteiger partial charge in [0.25, 0.3) is 0 Å². The second-order valence-electron chi connectivity index (χ2n) is 5.86. The van der Waals surface area contributed by atoms with Crippen LogP contribution in [0.5, 0.6) is 0 Å². The maximum absolute atomic E-state index is 12.6. The second kappa shape index (κ2) is 6.62. The maximum atomic E-state index is 12.6. The van der Waals surface area contributed by atoms with Crippen LogP contribution in [0.2, 0.25) is 0 Å². The first-order chi connectivity index (χ1) is 11.4. The van der Waals surface area contributed by atoms with Crippen molar-refractivity contribution in [2.75, 3.05) is 0 Å². The van der Waals surface area contributed by atoms with Crippen molar-refractivity contribution in [3.05, 3.63) is 48.0 Å². The summed E-state index contributed by atoms with van der Waals surface area (Å²) in [5, 5.41) is 3.95. The van der Waals surface area contributed by atoms with Crippen LogP contribution in [-0.2, 0) is 24.1 Å². The second-order valence-corrected chi connectivity index (χ2v) is 5.86. The Bertz CT molecular complexity index is 678. The summed E-state index contributed by atoms with van der Waals surface area (Å²) in [5.41, 5.74) is 0.0192. The number of rotatable bonds is 6. The number of alkyl halides is 3. The maximum Gasteiger partial charge on any atom is 0.416 e. The van der Waals surface area contributed by atoms with E-state index in [4.69, 9.17) is 0 Å². The number of carbonyl (C=O) groups is 1. The van der Waals surface area contributed by atoms with E-state index in [0.29, 0.717) is 25.1 Å². The Kier molecular flexibility index (Phi) is 4.55. The lowest BCUT2D eigenvalue weighted by molar-refractivity contribution is -0.137. The first-order valence-corrected chi connectivity index (χ1v) is 7.71. The van der Waals surface area contributed by atoms with Crippen LogP contribution < -0.4 is 0 Å². The molecule has 0 N–H and O–H groups in total. The predicted octanol–water partition coefficient (Wildman–Crippen LogP) is 2.88. The van der Waals surface area contributed by atoms with Gasteiger partial charge in [0, 0.05) is 19.0 Å². The predicted molar refractivity (Wildman–Crippen MR) is 79.7 cm³/mol. The van der Waals surface area contributed by atoms with Crippen LogP contribution in [0.4, 0.5) is 13.2 Å². The number of carbonyl (C=O) groups excluding carboxylic acids is 1. The molecule has 1 aliphatic rings. The Hall–Kier alpha value is -2.38. The van der Waals surface area contributed by atoms with Gasteiger partial charge in [-0.25, -0.2) is 4.98 Å². The standard InChI is InChI=1S/C16H17F3N4O/c17-16(18,19)13-3-1-12(2-4-13)9-23(14-5-6-14)15(24)7-8-22-11-20-10-21-22/h1-4,10-11,14H,5-9H2. The zero-order valence-electron chi connectivity index (χ0n) is 12.9. The monoisotopic (exact) mass is 338 g/mol. The first kappa shape index (κ1) is 16.5. The molecule has 0 spiro atoms. The summed E-state index contributed by atoms with van der Waals surface area (Å²) in [5.74, 6) is -0.0205. The van der Waals surface area contributed by atoms with Gasteiger partial charge in [0.1, 0.15) is 12.7 Å². The van der Waals surface area contributed by atoms with Gasteiger partial charge in [0.05, 0.1) is 12.1 Å². The van der Waals surface area contributed by atoms with Gasteiger partial charge < -0.3 is 4.90 Å². The van der Waals surface area contributed by atoms with E-state index in [2.05, 4.69) is 10.1 Å². The molecular weight excluding hydrogens is 321 g/mol. The van der Waals surface area contributed by atoms with Crippen molar-refractivity contribution in [1.29, 1.82) is 0 Å². The normalized spacial score (nSPS) is 14.6. The van der Waals surface area contributed by atoms with Crippen molar-refractivity contribution < 1.29 is 18.0 Å². The molecule has 0 aliphatic heterocycles. The quantitative estimate of drug-likeness (QED) is 0.814. The third-order valence-electron chi connectivity index (χ3n) is 3.96. The largest absolute Gasteiger partial charge is 0.416 e. The molecule has 0 atom stereocenters. The highest BCUT2D eigenvalue weighted by atomic mass is 19.4. The van der Waals surface area contributed by atoms with Gasteiger partial charge >= 0.3 is 6.18 Å². The lowest BCUT2D eigenvalue weighted by Gasteiger charge is -2.23. The third-order valence-corrected chi connectivity index (χ3v) is 3.96. The Morgan fingerprint density at radius 3 is 2.50 bits per heavy atom. The number of aromatic nitrogens is 3. The van der Waals surface area contributed by atoms with Crippen LogP contribution in [0.25, 0.3) is 0 Å². The third kappa shape index (κ3) is 4.12. The highest BCUT2D eigenvalue weighted by Crippen LogP contribution is 2.31. The molecule has 0 unspecified atom stereocenters. The minimum atomic E-state index is -4.34. The number of benzene rings is 1. The summed E-state index contributed by atoms with van der Waals surface area (Å²) in [6.07, 6.45) is 0.782. The average Bonchev–Trinajstić information content (AvgIpc) is 3.25. The number of amides is 1. The van der Waals surface area contributed by atoms with Crippen molar-refractivity contribution in [3.63, 3.8) is 0 Å². The Labute approximate surface area is 137 Å². The van der Waals surface area contributed by atoms with Crippen molar-refractivity contribution in [2.24, 2.45) is 0 Å². The molecule has 3 rings (SSSR count). The number of halogens is 3.